The Bertz CT molecular complexity index is 985. The summed E-state index contributed by atoms with van der Waals surface area (Å²) in [5.41, 5.74) is 8.89. The smallest absolute Gasteiger partial charge is 0.270 e. The van der Waals surface area contributed by atoms with E-state index in [9.17, 15) is 4.79 Å². The largest absolute Gasteiger partial charge is 0.493 e. The molecule has 0 fully saturated rings. The third-order valence-electron chi connectivity index (χ3n) is 4.89. The summed E-state index contributed by atoms with van der Waals surface area (Å²) in [6.45, 7) is 1.01. The third-order valence-corrected chi connectivity index (χ3v) is 4.89. The third kappa shape index (κ3) is 3.38. The van der Waals surface area contributed by atoms with Crippen molar-refractivity contribution in [3.63, 3.8) is 0 Å². The van der Waals surface area contributed by atoms with E-state index in [-0.39, 0.29) is 11.8 Å². The molecular weight excluding hydrogens is 356 g/mol. The van der Waals surface area contributed by atoms with E-state index in [1.165, 1.54) is 0 Å². The molecule has 28 heavy (non-hydrogen) atoms. The van der Waals surface area contributed by atoms with Crippen LogP contribution in [0.5, 0.6) is 11.5 Å². The van der Waals surface area contributed by atoms with Crippen molar-refractivity contribution in [2.75, 3.05) is 26.0 Å². The standard InChI is InChI=1S/C21H22N4O3/c1-27-16-9-5-8-15-10-13(12-28-19(15)16)11-23-21(26)18-17(20(22)25-24-18)14-6-3-2-4-7-14/h2-9,13H,10-12H2,1H3,(H,23,26)(H3,22,24,25). The molecule has 7 nitrogen and oxygen atoms in total. The Labute approximate surface area is 162 Å². The first-order valence-corrected chi connectivity index (χ1v) is 9.13. The van der Waals surface area contributed by atoms with Gasteiger partial charge < -0.3 is 20.5 Å². The number of nitrogen functional groups attached to an aromatic ring is 1. The molecule has 1 aliphatic heterocycles. The number of fused-ring (bicyclic) bond motifs is 1. The fourth-order valence-electron chi connectivity index (χ4n) is 3.49. The van der Waals surface area contributed by atoms with Crippen LogP contribution in [0.1, 0.15) is 16.1 Å². The van der Waals surface area contributed by atoms with Crippen molar-refractivity contribution in [2.24, 2.45) is 5.92 Å². The number of benzene rings is 2. The number of hydrogen-bond donors (Lipinski definition) is 3. The van der Waals surface area contributed by atoms with Crippen LogP contribution in [0.25, 0.3) is 11.1 Å². The number of aromatic nitrogens is 2. The summed E-state index contributed by atoms with van der Waals surface area (Å²) in [5.74, 6) is 1.77. The average molecular weight is 378 g/mol. The second-order valence-electron chi connectivity index (χ2n) is 6.76. The molecule has 0 spiro atoms. The van der Waals surface area contributed by atoms with Gasteiger partial charge in [-0.15, -0.1) is 0 Å². The number of para-hydroxylation sites is 1. The second-order valence-corrected chi connectivity index (χ2v) is 6.76. The van der Waals surface area contributed by atoms with E-state index in [0.717, 1.165) is 29.0 Å². The van der Waals surface area contributed by atoms with Gasteiger partial charge in [-0.1, -0.05) is 42.5 Å². The number of carbonyl (C=O) groups excluding carboxylic acids is 1. The zero-order valence-corrected chi connectivity index (χ0v) is 15.6. The number of nitrogens with zero attached hydrogens (tertiary/aromatic N) is 1. The molecule has 2 heterocycles. The summed E-state index contributed by atoms with van der Waals surface area (Å²) >= 11 is 0. The topological polar surface area (TPSA) is 102 Å². The minimum Gasteiger partial charge on any atom is -0.493 e. The first-order valence-electron chi connectivity index (χ1n) is 9.13. The highest BCUT2D eigenvalue weighted by Crippen LogP contribution is 2.36. The number of rotatable bonds is 5. The van der Waals surface area contributed by atoms with E-state index < -0.39 is 0 Å². The van der Waals surface area contributed by atoms with Gasteiger partial charge in [0.05, 0.1) is 19.3 Å². The van der Waals surface area contributed by atoms with Gasteiger partial charge >= 0.3 is 0 Å². The normalized spacial score (nSPS) is 15.4. The number of aromatic amines is 1. The predicted molar refractivity (Wildman–Crippen MR) is 106 cm³/mol. The van der Waals surface area contributed by atoms with Crippen LogP contribution in [0, 0.1) is 5.92 Å². The van der Waals surface area contributed by atoms with Crippen molar-refractivity contribution in [3.8, 4) is 22.6 Å². The zero-order chi connectivity index (χ0) is 19.5. The van der Waals surface area contributed by atoms with E-state index in [1.807, 2.05) is 48.5 Å². The Kier molecular flexibility index (Phi) is 4.89. The number of nitrogens with two attached hydrogens (primary N) is 1. The average Bonchev–Trinajstić information content (AvgIpc) is 3.13. The Morgan fingerprint density at radius 2 is 2.11 bits per heavy atom. The second kappa shape index (κ2) is 7.64. The van der Waals surface area contributed by atoms with Crippen LogP contribution >= 0.6 is 0 Å². The van der Waals surface area contributed by atoms with E-state index in [1.54, 1.807) is 7.11 Å². The molecule has 0 saturated heterocycles. The summed E-state index contributed by atoms with van der Waals surface area (Å²) < 4.78 is 11.2. The molecule has 1 aliphatic rings. The monoisotopic (exact) mass is 378 g/mol. The summed E-state index contributed by atoms with van der Waals surface area (Å²) in [7, 11) is 1.63. The lowest BCUT2D eigenvalue weighted by Crippen LogP contribution is -2.35. The van der Waals surface area contributed by atoms with Gasteiger partial charge in [0.15, 0.2) is 17.3 Å². The van der Waals surface area contributed by atoms with Gasteiger partial charge in [-0.05, 0) is 23.6 Å². The number of methoxy groups -OCH3 is 1. The molecule has 0 saturated carbocycles. The molecule has 4 rings (SSSR count). The maximum atomic E-state index is 12.7. The zero-order valence-electron chi connectivity index (χ0n) is 15.6. The Hall–Kier alpha value is -3.48. The van der Waals surface area contributed by atoms with Crippen molar-refractivity contribution < 1.29 is 14.3 Å². The van der Waals surface area contributed by atoms with Crippen molar-refractivity contribution in [1.29, 1.82) is 0 Å². The van der Waals surface area contributed by atoms with E-state index in [0.29, 0.717) is 30.2 Å². The van der Waals surface area contributed by atoms with Crippen molar-refractivity contribution in [1.82, 2.24) is 15.5 Å². The molecule has 4 N–H and O–H groups in total. The maximum absolute atomic E-state index is 12.7. The Balaban J connectivity index is 1.45. The molecule has 1 aromatic heterocycles. The predicted octanol–water partition coefficient (Wildman–Crippen LogP) is 2.65. The highest BCUT2D eigenvalue weighted by molar-refractivity contribution is 6.01. The Morgan fingerprint density at radius 1 is 1.29 bits per heavy atom. The number of nitrogens with one attached hydrogen (secondary N) is 2. The number of anilines is 1. The summed E-state index contributed by atoms with van der Waals surface area (Å²) in [6, 6.07) is 15.4. The number of H-pyrrole nitrogens is 1. The Morgan fingerprint density at radius 3 is 2.89 bits per heavy atom. The first-order chi connectivity index (χ1) is 13.7. The highest BCUT2D eigenvalue weighted by atomic mass is 16.5. The molecule has 0 bridgehead atoms. The van der Waals surface area contributed by atoms with Gasteiger partial charge in [0.1, 0.15) is 5.69 Å². The lowest BCUT2D eigenvalue weighted by atomic mass is 9.96. The molecule has 1 atom stereocenters. The summed E-state index contributed by atoms with van der Waals surface area (Å²) in [4.78, 5) is 12.7. The minimum absolute atomic E-state index is 0.170. The lowest BCUT2D eigenvalue weighted by Gasteiger charge is -2.26. The molecule has 7 heteroatoms. The van der Waals surface area contributed by atoms with Crippen LogP contribution < -0.4 is 20.5 Å². The summed E-state index contributed by atoms with van der Waals surface area (Å²) in [5, 5.41) is 9.74. The molecular formula is C21H22N4O3. The van der Waals surface area contributed by atoms with Crippen LogP contribution in [0.2, 0.25) is 0 Å². The van der Waals surface area contributed by atoms with Crippen LogP contribution in [-0.2, 0) is 6.42 Å². The SMILES string of the molecule is COc1cccc2c1OCC(CNC(=O)c1[nH]nc(N)c1-c1ccccc1)C2. The van der Waals surface area contributed by atoms with Gasteiger partial charge in [0, 0.05) is 12.5 Å². The maximum Gasteiger partial charge on any atom is 0.270 e. The number of carbonyl (C=O) groups is 1. The molecule has 1 amide bonds. The highest BCUT2D eigenvalue weighted by Gasteiger charge is 2.24. The molecule has 3 aromatic rings. The molecule has 144 valence electrons. The first kappa shape index (κ1) is 17.9. The van der Waals surface area contributed by atoms with Crippen LogP contribution in [0.15, 0.2) is 48.5 Å². The van der Waals surface area contributed by atoms with E-state index >= 15 is 0 Å². The molecule has 0 aliphatic carbocycles. The van der Waals surface area contributed by atoms with Gasteiger partial charge in [-0.25, -0.2) is 0 Å². The van der Waals surface area contributed by atoms with Gasteiger partial charge in [-0.3, -0.25) is 9.89 Å². The van der Waals surface area contributed by atoms with Crippen LogP contribution in [0.3, 0.4) is 0 Å². The molecule has 2 aromatic carbocycles. The van der Waals surface area contributed by atoms with Crippen LogP contribution in [-0.4, -0.2) is 36.4 Å². The van der Waals surface area contributed by atoms with Crippen molar-refractivity contribution >= 4 is 11.7 Å². The van der Waals surface area contributed by atoms with E-state index in [2.05, 4.69) is 15.5 Å². The number of ether oxygens (including phenoxy) is 2. The van der Waals surface area contributed by atoms with E-state index in [4.69, 9.17) is 15.2 Å². The van der Waals surface area contributed by atoms with Crippen molar-refractivity contribution in [2.45, 2.75) is 6.42 Å². The fraction of sp³-hybridized carbons (Fsp3) is 0.238. The lowest BCUT2D eigenvalue weighted by molar-refractivity contribution is 0.0934. The van der Waals surface area contributed by atoms with Gasteiger partial charge in [-0.2, -0.15) is 5.10 Å². The summed E-state index contributed by atoms with van der Waals surface area (Å²) in [6.07, 6.45) is 0.809. The van der Waals surface area contributed by atoms with Crippen molar-refractivity contribution in [3.05, 3.63) is 59.8 Å². The van der Waals surface area contributed by atoms with Crippen LogP contribution in [0.4, 0.5) is 5.82 Å². The molecule has 1 unspecified atom stereocenters. The molecule has 0 radical (unpaired) electrons. The van der Waals surface area contributed by atoms with Gasteiger partial charge in [0.2, 0.25) is 0 Å². The minimum atomic E-state index is -0.237. The van der Waals surface area contributed by atoms with Gasteiger partial charge in [0.25, 0.3) is 5.91 Å². The number of hydrogen-bond acceptors (Lipinski definition) is 5. The fourth-order valence-corrected chi connectivity index (χ4v) is 3.49. The quantitative estimate of drug-likeness (QED) is 0.633. The number of amides is 1.